The van der Waals surface area contributed by atoms with Gasteiger partial charge in [0.05, 0.1) is 5.69 Å². The monoisotopic (exact) mass is 411 g/mol. The lowest BCUT2D eigenvalue weighted by atomic mass is 9.73. The third kappa shape index (κ3) is 4.70. The van der Waals surface area contributed by atoms with Gasteiger partial charge in [0.15, 0.2) is 5.13 Å². The summed E-state index contributed by atoms with van der Waals surface area (Å²) in [6.07, 6.45) is 5.51. The van der Waals surface area contributed by atoms with E-state index in [0.29, 0.717) is 40.3 Å². The van der Waals surface area contributed by atoms with Gasteiger partial charge in [-0.25, -0.2) is 4.98 Å². The molecular weight excluding hydrogens is 386 g/mol. The highest BCUT2D eigenvalue weighted by atomic mass is 32.1. The maximum atomic E-state index is 12.4. The second kappa shape index (κ2) is 8.02. The Bertz CT molecular complexity index is 990. The van der Waals surface area contributed by atoms with Gasteiger partial charge in [-0.15, -0.1) is 11.3 Å². The maximum Gasteiger partial charge on any atom is 0.227 e. The van der Waals surface area contributed by atoms with Crippen molar-refractivity contribution in [3.8, 4) is 11.5 Å². The van der Waals surface area contributed by atoms with Crippen LogP contribution in [0.5, 0.6) is 0 Å². The maximum absolute atomic E-state index is 12.4. The zero-order valence-electron chi connectivity index (χ0n) is 16.9. The molecule has 0 aliphatic heterocycles. The number of anilines is 1. The Kier molecular flexibility index (Phi) is 5.45. The fourth-order valence-electron chi connectivity index (χ4n) is 3.53. The van der Waals surface area contributed by atoms with Crippen LogP contribution in [-0.4, -0.2) is 26.0 Å². The van der Waals surface area contributed by atoms with E-state index in [1.54, 1.807) is 17.5 Å². The number of thiazole rings is 1. The summed E-state index contributed by atoms with van der Waals surface area (Å²) >= 11 is 1.60. The van der Waals surface area contributed by atoms with Crippen molar-refractivity contribution in [3.05, 3.63) is 40.9 Å². The first-order chi connectivity index (χ1) is 13.9. The lowest BCUT2D eigenvalue weighted by Gasteiger charge is -2.33. The van der Waals surface area contributed by atoms with Crippen LogP contribution in [0.3, 0.4) is 0 Å². The van der Waals surface area contributed by atoms with E-state index in [1.807, 2.05) is 18.2 Å². The van der Waals surface area contributed by atoms with Gasteiger partial charge in [0.1, 0.15) is 5.69 Å². The number of pyridine rings is 1. The Morgan fingerprint density at radius 1 is 1.31 bits per heavy atom. The molecule has 1 aliphatic carbocycles. The van der Waals surface area contributed by atoms with Crippen molar-refractivity contribution >= 4 is 22.4 Å². The third-order valence-electron chi connectivity index (χ3n) is 5.34. The van der Waals surface area contributed by atoms with Gasteiger partial charge in [-0.3, -0.25) is 9.78 Å². The van der Waals surface area contributed by atoms with Crippen LogP contribution in [0.25, 0.3) is 11.5 Å². The van der Waals surface area contributed by atoms with Crippen LogP contribution in [0.1, 0.15) is 50.1 Å². The van der Waals surface area contributed by atoms with Crippen molar-refractivity contribution in [1.29, 1.82) is 0 Å². The zero-order valence-corrected chi connectivity index (χ0v) is 17.8. The highest BCUT2D eigenvalue weighted by Crippen LogP contribution is 2.40. The summed E-state index contributed by atoms with van der Waals surface area (Å²) < 4.78 is 5.24. The summed E-state index contributed by atoms with van der Waals surface area (Å²) in [5.74, 6) is 1.42. The molecule has 1 N–H and O–H groups in total. The molecule has 3 aromatic rings. The number of rotatable bonds is 5. The number of hydrogen-bond donors (Lipinski definition) is 1. The van der Waals surface area contributed by atoms with Gasteiger partial charge in [0, 0.05) is 23.9 Å². The Balaban J connectivity index is 1.32. The lowest BCUT2D eigenvalue weighted by molar-refractivity contribution is -0.116. The largest absolute Gasteiger partial charge is 0.339 e. The van der Waals surface area contributed by atoms with Crippen LogP contribution in [0.2, 0.25) is 0 Å². The molecule has 4 rings (SSSR count). The van der Waals surface area contributed by atoms with E-state index in [0.717, 1.165) is 25.0 Å². The Morgan fingerprint density at radius 2 is 2.17 bits per heavy atom. The molecule has 0 saturated carbocycles. The van der Waals surface area contributed by atoms with Gasteiger partial charge in [-0.05, 0) is 42.7 Å². The summed E-state index contributed by atoms with van der Waals surface area (Å²) in [7, 11) is 0. The number of amides is 1. The van der Waals surface area contributed by atoms with Crippen molar-refractivity contribution in [2.24, 2.45) is 11.3 Å². The molecule has 0 bridgehead atoms. The second-order valence-corrected chi connectivity index (χ2v) is 9.55. The van der Waals surface area contributed by atoms with E-state index in [-0.39, 0.29) is 12.3 Å². The molecule has 7 nitrogen and oxygen atoms in total. The number of aryl methyl sites for hydroxylation is 2. The first-order valence-electron chi connectivity index (χ1n) is 9.91. The van der Waals surface area contributed by atoms with E-state index < -0.39 is 0 Å². The van der Waals surface area contributed by atoms with Crippen molar-refractivity contribution in [3.63, 3.8) is 0 Å². The SMILES string of the molecule is CC(C)(C)[C@H]1CCc2nc(NC(=O)CCc3nc(-c4ccccn4)no3)sc2C1. The van der Waals surface area contributed by atoms with Gasteiger partial charge < -0.3 is 9.84 Å². The van der Waals surface area contributed by atoms with Crippen LogP contribution < -0.4 is 5.32 Å². The van der Waals surface area contributed by atoms with Crippen LogP contribution in [-0.2, 0) is 24.1 Å². The molecule has 0 unspecified atom stereocenters. The predicted octanol–water partition coefficient (Wildman–Crippen LogP) is 4.31. The molecule has 0 radical (unpaired) electrons. The predicted molar refractivity (Wildman–Crippen MR) is 112 cm³/mol. The van der Waals surface area contributed by atoms with Crippen molar-refractivity contribution in [1.82, 2.24) is 20.1 Å². The number of hydrogen-bond acceptors (Lipinski definition) is 7. The smallest absolute Gasteiger partial charge is 0.227 e. The highest BCUT2D eigenvalue weighted by Gasteiger charge is 2.30. The average molecular weight is 412 g/mol. The molecule has 152 valence electrons. The molecule has 0 aromatic carbocycles. The van der Waals surface area contributed by atoms with Gasteiger partial charge in [-0.1, -0.05) is 32.0 Å². The fraction of sp³-hybridized carbons (Fsp3) is 0.476. The summed E-state index contributed by atoms with van der Waals surface area (Å²) in [5, 5.41) is 7.55. The Hall–Kier alpha value is -2.61. The molecule has 8 heteroatoms. The Morgan fingerprint density at radius 3 is 2.93 bits per heavy atom. The topological polar surface area (TPSA) is 93.8 Å². The third-order valence-corrected chi connectivity index (χ3v) is 6.37. The molecule has 1 atom stereocenters. The molecule has 0 fully saturated rings. The number of aromatic nitrogens is 4. The first kappa shape index (κ1) is 19.7. The Labute approximate surface area is 174 Å². The number of carbonyl (C=O) groups excluding carboxylic acids is 1. The number of nitrogens with zero attached hydrogens (tertiary/aromatic N) is 4. The minimum atomic E-state index is -0.0962. The molecule has 0 saturated heterocycles. The number of fused-ring (bicyclic) bond motifs is 1. The van der Waals surface area contributed by atoms with Gasteiger partial charge in [0.2, 0.25) is 17.6 Å². The standard InChI is InChI=1S/C21H25N5O2S/c1-21(2,3)13-7-8-14-16(12-13)29-20(23-14)24-17(27)9-10-18-25-19(26-28-18)15-6-4-5-11-22-15/h4-6,11,13H,7-10,12H2,1-3H3,(H,23,24,27)/t13-/m0/s1. The van der Waals surface area contributed by atoms with E-state index >= 15 is 0 Å². The summed E-state index contributed by atoms with van der Waals surface area (Å²) in [6.45, 7) is 6.88. The van der Waals surface area contributed by atoms with E-state index in [2.05, 4.69) is 46.2 Å². The molecule has 3 aromatic heterocycles. The molecule has 3 heterocycles. The molecule has 1 amide bonds. The average Bonchev–Trinajstić information content (AvgIpc) is 3.32. The number of carbonyl (C=O) groups is 1. The fourth-order valence-corrected chi connectivity index (χ4v) is 4.63. The van der Waals surface area contributed by atoms with E-state index in [1.165, 1.54) is 4.88 Å². The summed E-state index contributed by atoms with van der Waals surface area (Å²) in [4.78, 5) is 26.8. The molecule has 29 heavy (non-hydrogen) atoms. The minimum Gasteiger partial charge on any atom is -0.339 e. The van der Waals surface area contributed by atoms with Crippen LogP contribution >= 0.6 is 11.3 Å². The minimum absolute atomic E-state index is 0.0962. The lowest BCUT2D eigenvalue weighted by Crippen LogP contribution is -2.26. The van der Waals surface area contributed by atoms with Crippen molar-refractivity contribution in [2.75, 3.05) is 5.32 Å². The normalized spacial score (nSPS) is 16.4. The molecular formula is C21H25N5O2S. The van der Waals surface area contributed by atoms with E-state index in [4.69, 9.17) is 4.52 Å². The molecule has 0 spiro atoms. The molecule has 1 aliphatic rings. The summed E-state index contributed by atoms with van der Waals surface area (Å²) in [5.41, 5.74) is 2.08. The first-order valence-corrected chi connectivity index (χ1v) is 10.7. The summed E-state index contributed by atoms with van der Waals surface area (Å²) in [6, 6.07) is 5.51. The van der Waals surface area contributed by atoms with Crippen molar-refractivity contribution < 1.29 is 9.32 Å². The van der Waals surface area contributed by atoms with Crippen LogP contribution in [0, 0.1) is 11.3 Å². The van der Waals surface area contributed by atoms with Gasteiger partial charge in [0.25, 0.3) is 0 Å². The zero-order chi connectivity index (χ0) is 20.4. The number of nitrogens with one attached hydrogen (secondary N) is 1. The highest BCUT2D eigenvalue weighted by molar-refractivity contribution is 7.15. The quantitative estimate of drug-likeness (QED) is 0.672. The van der Waals surface area contributed by atoms with E-state index in [9.17, 15) is 4.79 Å². The second-order valence-electron chi connectivity index (χ2n) is 8.47. The van der Waals surface area contributed by atoms with Gasteiger partial charge in [-0.2, -0.15) is 4.98 Å². The van der Waals surface area contributed by atoms with Crippen LogP contribution in [0.4, 0.5) is 5.13 Å². The van der Waals surface area contributed by atoms with Gasteiger partial charge >= 0.3 is 0 Å². The van der Waals surface area contributed by atoms with Crippen LogP contribution in [0.15, 0.2) is 28.9 Å². The van der Waals surface area contributed by atoms with Crippen molar-refractivity contribution in [2.45, 2.75) is 52.9 Å².